The fourth-order valence-corrected chi connectivity index (χ4v) is 4.40. The summed E-state index contributed by atoms with van der Waals surface area (Å²) in [5.74, 6) is -1.28. The van der Waals surface area contributed by atoms with E-state index >= 15 is 0 Å². The summed E-state index contributed by atoms with van der Waals surface area (Å²) in [6.45, 7) is 4.91. The second kappa shape index (κ2) is 8.10. The Morgan fingerprint density at radius 1 is 1.03 bits per heavy atom. The van der Waals surface area contributed by atoms with Crippen LogP contribution < -0.4 is 0 Å². The van der Waals surface area contributed by atoms with Gasteiger partial charge in [0.2, 0.25) is 0 Å². The third kappa shape index (κ3) is 4.01. The lowest BCUT2D eigenvalue weighted by molar-refractivity contribution is -0.160. The SMILES string of the molecule is CN(C(=O)OC(C)(C)C)C1(C(=O)O)CN(C(=O)OCC2c3ccccc3-c3ccccc32)C1. The Labute approximate surface area is 192 Å². The number of benzene rings is 2. The maximum Gasteiger partial charge on any atom is 0.411 e. The van der Waals surface area contributed by atoms with E-state index in [-0.39, 0.29) is 25.6 Å². The summed E-state index contributed by atoms with van der Waals surface area (Å²) in [4.78, 5) is 39.5. The number of carboxylic acids is 1. The summed E-state index contributed by atoms with van der Waals surface area (Å²) in [5, 5.41) is 9.79. The summed E-state index contributed by atoms with van der Waals surface area (Å²) >= 11 is 0. The Balaban J connectivity index is 1.42. The number of nitrogens with zero attached hydrogens (tertiary/aromatic N) is 2. The van der Waals surface area contributed by atoms with Crippen molar-refractivity contribution >= 4 is 18.2 Å². The number of rotatable bonds is 4. The van der Waals surface area contributed by atoms with Crippen LogP contribution in [-0.2, 0) is 14.3 Å². The molecule has 4 rings (SSSR count). The zero-order valence-corrected chi connectivity index (χ0v) is 19.2. The van der Waals surface area contributed by atoms with Crippen LogP contribution in [0.25, 0.3) is 11.1 Å². The first-order valence-electron chi connectivity index (χ1n) is 10.8. The van der Waals surface area contributed by atoms with Crippen molar-refractivity contribution in [3.8, 4) is 11.1 Å². The standard InChI is InChI=1S/C25H28N2O6/c1-24(2,3)33-22(30)26(4)25(21(28)29)14-27(15-25)23(31)32-13-20-18-11-7-5-9-16(18)17-10-6-8-12-19(17)20/h5-12,20H,13-15H2,1-4H3,(H,28,29). The summed E-state index contributed by atoms with van der Waals surface area (Å²) < 4.78 is 10.9. The van der Waals surface area contributed by atoms with Crippen molar-refractivity contribution in [3.05, 3.63) is 59.7 Å². The molecule has 1 heterocycles. The number of likely N-dealkylation sites (tertiary alicyclic amines) is 1. The van der Waals surface area contributed by atoms with Crippen LogP contribution in [0.5, 0.6) is 0 Å². The fourth-order valence-electron chi connectivity index (χ4n) is 4.40. The van der Waals surface area contributed by atoms with Gasteiger partial charge in [0.05, 0.1) is 13.1 Å². The van der Waals surface area contributed by atoms with Crippen LogP contribution in [0.1, 0.15) is 37.8 Å². The summed E-state index contributed by atoms with van der Waals surface area (Å²) in [7, 11) is 1.37. The van der Waals surface area contributed by atoms with Crippen LogP contribution in [0.3, 0.4) is 0 Å². The molecular weight excluding hydrogens is 424 g/mol. The highest BCUT2D eigenvalue weighted by atomic mass is 16.6. The van der Waals surface area contributed by atoms with Gasteiger partial charge in [-0.05, 0) is 43.0 Å². The van der Waals surface area contributed by atoms with Crippen LogP contribution in [0.4, 0.5) is 9.59 Å². The van der Waals surface area contributed by atoms with E-state index < -0.39 is 29.3 Å². The molecule has 33 heavy (non-hydrogen) atoms. The van der Waals surface area contributed by atoms with Crippen molar-refractivity contribution in [2.75, 3.05) is 26.7 Å². The number of amides is 2. The number of carbonyl (C=O) groups is 3. The van der Waals surface area contributed by atoms with Gasteiger partial charge in [0.15, 0.2) is 5.54 Å². The topological polar surface area (TPSA) is 96.4 Å². The molecule has 2 aromatic rings. The Kier molecular flexibility index (Phi) is 5.56. The first-order chi connectivity index (χ1) is 15.5. The molecule has 174 valence electrons. The van der Waals surface area contributed by atoms with Gasteiger partial charge in [-0.2, -0.15) is 0 Å². The molecule has 0 atom stereocenters. The molecule has 0 spiro atoms. The van der Waals surface area contributed by atoms with Gasteiger partial charge >= 0.3 is 18.2 Å². The normalized spacial score (nSPS) is 16.3. The summed E-state index contributed by atoms with van der Waals surface area (Å²) in [6.07, 6.45) is -1.36. The van der Waals surface area contributed by atoms with E-state index in [1.54, 1.807) is 20.8 Å². The molecule has 2 amide bonds. The molecule has 0 saturated carbocycles. The van der Waals surface area contributed by atoms with Gasteiger partial charge in [-0.3, -0.25) is 4.90 Å². The molecule has 1 fully saturated rings. The molecule has 0 unspecified atom stereocenters. The first-order valence-corrected chi connectivity index (χ1v) is 10.8. The quantitative estimate of drug-likeness (QED) is 0.755. The maximum absolute atomic E-state index is 12.7. The number of hydrogen-bond donors (Lipinski definition) is 1. The van der Waals surface area contributed by atoms with Gasteiger partial charge in [0.1, 0.15) is 12.2 Å². The lowest BCUT2D eigenvalue weighted by Crippen LogP contribution is -2.75. The monoisotopic (exact) mass is 452 g/mol. The third-order valence-corrected chi connectivity index (χ3v) is 6.21. The van der Waals surface area contributed by atoms with E-state index in [1.807, 2.05) is 36.4 Å². The molecule has 1 aliphatic carbocycles. The van der Waals surface area contributed by atoms with Crippen molar-refractivity contribution in [2.24, 2.45) is 0 Å². The molecule has 2 aromatic carbocycles. The van der Waals surface area contributed by atoms with Crippen LogP contribution >= 0.6 is 0 Å². The second-order valence-electron chi connectivity index (χ2n) is 9.54. The van der Waals surface area contributed by atoms with Gasteiger partial charge in [0.25, 0.3) is 0 Å². The Morgan fingerprint density at radius 2 is 1.55 bits per heavy atom. The lowest BCUT2D eigenvalue weighted by atomic mass is 9.88. The minimum Gasteiger partial charge on any atom is -0.479 e. The number of ether oxygens (including phenoxy) is 2. The van der Waals surface area contributed by atoms with Gasteiger partial charge in [-0.1, -0.05) is 48.5 Å². The van der Waals surface area contributed by atoms with Crippen molar-refractivity contribution in [1.82, 2.24) is 9.80 Å². The number of carboxylic acid groups (broad SMARTS) is 1. The largest absolute Gasteiger partial charge is 0.479 e. The molecular formula is C25H28N2O6. The Hall–Kier alpha value is -3.55. The average Bonchev–Trinajstić information content (AvgIpc) is 3.03. The van der Waals surface area contributed by atoms with E-state index in [0.717, 1.165) is 27.2 Å². The highest BCUT2D eigenvalue weighted by Crippen LogP contribution is 2.44. The predicted octanol–water partition coefficient (Wildman–Crippen LogP) is 3.94. The van der Waals surface area contributed by atoms with E-state index in [9.17, 15) is 19.5 Å². The minimum atomic E-state index is -1.55. The van der Waals surface area contributed by atoms with Crippen LogP contribution in [-0.4, -0.2) is 70.9 Å². The van der Waals surface area contributed by atoms with Crippen LogP contribution in [0.15, 0.2) is 48.5 Å². The Bertz CT molecular complexity index is 1050. The second-order valence-corrected chi connectivity index (χ2v) is 9.54. The van der Waals surface area contributed by atoms with Gasteiger partial charge in [-0.25, -0.2) is 14.4 Å². The van der Waals surface area contributed by atoms with E-state index in [4.69, 9.17) is 9.47 Å². The van der Waals surface area contributed by atoms with E-state index in [2.05, 4.69) is 12.1 Å². The molecule has 2 aliphatic rings. The molecule has 0 bridgehead atoms. The molecule has 8 heteroatoms. The highest BCUT2D eigenvalue weighted by molar-refractivity contribution is 5.88. The first kappa shape index (κ1) is 22.6. The summed E-state index contributed by atoms with van der Waals surface area (Å²) in [5.41, 5.74) is 2.14. The number of aliphatic carboxylic acids is 1. The fraction of sp³-hybridized carbons (Fsp3) is 0.400. The molecule has 0 radical (unpaired) electrons. The van der Waals surface area contributed by atoms with Gasteiger partial charge < -0.3 is 19.5 Å². The number of carbonyl (C=O) groups excluding carboxylic acids is 2. The van der Waals surface area contributed by atoms with E-state index in [1.165, 1.54) is 11.9 Å². The highest BCUT2D eigenvalue weighted by Gasteiger charge is 2.57. The molecule has 1 aliphatic heterocycles. The van der Waals surface area contributed by atoms with Crippen LogP contribution in [0.2, 0.25) is 0 Å². The molecule has 0 aromatic heterocycles. The van der Waals surface area contributed by atoms with Gasteiger partial charge in [0, 0.05) is 13.0 Å². The predicted molar refractivity (Wildman–Crippen MR) is 121 cm³/mol. The zero-order valence-electron chi connectivity index (χ0n) is 19.2. The Morgan fingerprint density at radius 3 is 2.03 bits per heavy atom. The van der Waals surface area contributed by atoms with Crippen LogP contribution in [0, 0.1) is 0 Å². The number of fused-ring (bicyclic) bond motifs is 3. The average molecular weight is 453 g/mol. The van der Waals surface area contributed by atoms with Crippen molar-refractivity contribution in [2.45, 2.75) is 37.8 Å². The molecule has 8 nitrogen and oxygen atoms in total. The minimum absolute atomic E-state index is 0.0868. The smallest absolute Gasteiger partial charge is 0.411 e. The van der Waals surface area contributed by atoms with Crippen molar-refractivity contribution in [3.63, 3.8) is 0 Å². The maximum atomic E-state index is 12.7. The summed E-state index contributed by atoms with van der Waals surface area (Å²) in [6, 6.07) is 16.1. The van der Waals surface area contributed by atoms with Crippen molar-refractivity contribution < 1.29 is 29.0 Å². The molecule has 1 saturated heterocycles. The zero-order chi connectivity index (χ0) is 24.0. The van der Waals surface area contributed by atoms with Crippen molar-refractivity contribution in [1.29, 1.82) is 0 Å². The molecule has 1 N–H and O–H groups in total. The number of hydrogen-bond acceptors (Lipinski definition) is 5. The van der Waals surface area contributed by atoms with E-state index in [0.29, 0.717) is 0 Å². The van der Waals surface area contributed by atoms with Gasteiger partial charge in [-0.15, -0.1) is 0 Å². The third-order valence-electron chi connectivity index (χ3n) is 6.21. The lowest BCUT2D eigenvalue weighted by Gasteiger charge is -2.50. The number of likely N-dealkylation sites (N-methyl/N-ethyl adjacent to an activating group) is 1.